The minimum Gasteiger partial charge on any atom is -0.392 e. The highest BCUT2D eigenvalue weighted by molar-refractivity contribution is 5.79. The lowest BCUT2D eigenvalue weighted by atomic mass is 10.2. The number of benzene rings is 1. The Morgan fingerprint density at radius 2 is 1.88 bits per heavy atom. The number of carbonyl (C=O) groups excluding carboxylic acids is 1. The van der Waals surface area contributed by atoms with E-state index in [0.717, 1.165) is 4.57 Å². The fourth-order valence-corrected chi connectivity index (χ4v) is 3.13. The third kappa shape index (κ3) is 3.80. The van der Waals surface area contributed by atoms with Gasteiger partial charge in [0.2, 0.25) is 5.91 Å². The zero-order valence-electron chi connectivity index (χ0n) is 14.1. The smallest absolute Gasteiger partial charge is 0.329 e. The number of piperazine rings is 1. The molecule has 0 spiro atoms. The van der Waals surface area contributed by atoms with E-state index in [2.05, 4.69) is 9.88 Å². The molecule has 0 unspecified atom stereocenters. The first-order chi connectivity index (χ1) is 12.0. The second kappa shape index (κ2) is 7.20. The number of amides is 1. The number of nitrogens with one attached hydrogen (secondary N) is 1. The Balaban J connectivity index is 1.73. The van der Waals surface area contributed by atoms with Gasteiger partial charge in [-0.15, -0.1) is 0 Å². The van der Waals surface area contributed by atoms with Gasteiger partial charge in [0, 0.05) is 32.7 Å². The van der Waals surface area contributed by atoms with Gasteiger partial charge >= 0.3 is 5.69 Å². The predicted octanol–water partition coefficient (Wildman–Crippen LogP) is -0.785. The number of aromatic amines is 1. The van der Waals surface area contributed by atoms with E-state index in [4.69, 9.17) is 0 Å². The number of aliphatic hydroxyl groups excluding tert-OH is 1. The van der Waals surface area contributed by atoms with Crippen LogP contribution in [-0.2, 0) is 11.3 Å². The first-order valence-electron chi connectivity index (χ1n) is 8.36. The molecule has 1 saturated heterocycles. The molecule has 1 aromatic carbocycles. The minimum absolute atomic E-state index is 0.250. The Morgan fingerprint density at radius 1 is 1.20 bits per heavy atom. The summed E-state index contributed by atoms with van der Waals surface area (Å²) >= 11 is 0. The van der Waals surface area contributed by atoms with Gasteiger partial charge < -0.3 is 15.0 Å². The van der Waals surface area contributed by atoms with Gasteiger partial charge in [-0.05, 0) is 19.1 Å². The van der Waals surface area contributed by atoms with Gasteiger partial charge in [-0.1, -0.05) is 12.1 Å². The maximum atomic E-state index is 12.5. The van der Waals surface area contributed by atoms with Crippen molar-refractivity contribution < 1.29 is 9.90 Å². The molecule has 3 rings (SSSR count). The Bertz CT molecular complexity index is 878. The first-order valence-corrected chi connectivity index (χ1v) is 8.36. The fourth-order valence-electron chi connectivity index (χ4n) is 3.13. The van der Waals surface area contributed by atoms with Crippen molar-refractivity contribution in [2.24, 2.45) is 0 Å². The SMILES string of the molecule is C[C@@H](O)CN1CCN(C(=O)Cn2c(=O)[nH]c3ccccc3c2=O)CC1. The number of β-amino-alcohol motifs (C(OH)–C–C–N with tert-alkyl or cyclic N) is 1. The molecule has 0 aliphatic carbocycles. The van der Waals surface area contributed by atoms with E-state index in [1.54, 1.807) is 36.1 Å². The van der Waals surface area contributed by atoms with Gasteiger partial charge in [0.25, 0.3) is 5.56 Å². The third-order valence-electron chi connectivity index (χ3n) is 4.43. The van der Waals surface area contributed by atoms with Gasteiger partial charge in [-0.25, -0.2) is 4.79 Å². The second-order valence-corrected chi connectivity index (χ2v) is 6.40. The number of hydrogen-bond donors (Lipinski definition) is 2. The molecule has 1 atom stereocenters. The van der Waals surface area contributed by atoms with Crippen molar-refractivity contribution in [2.75, 3.05) is 32.7 Å². The molecule has 8 nitrogen and oxygen atoms in total. The maximum absolute atomic E-state index is 12.5. The summed E-state index contributed by atoms with van der Waals surface area (Å²) in [4.78, 5) is 43.5. The van der Waals surface area contributed by atoms with Gasteiger partial charge in [0.05, 0.1) is 17.0 Å². The van der Waals surface area contributed by atoms with Crippen LogP contribution in [0.3, 0.4) is 0 Å². The highest BCUT2D eigenvalue weighted by Crippen LogP contribution is 2.05. The molecule has 1 aromatic heterocycles. The Hall–Kier alpha value is -2.45. The molecule has 0 radical (unpaired) electrons. The summed E-state index contributed by atoms with van der Waals surface area (Å²) in [6.07, 6.45) is -0.406. The first kappa shape index (κ1) is 17.4. The van der Waals surface area contributed by atoms with E-state index in [0.29, 0.717) is 43.6 Å². The van der Waals surface area contributed by atoms with Crippen LogP contribution < -0.4 is 11.2 Å². The number of hydrogen-bond acceptors (Lipinski definition) is 5. The number of nitrogens with zero attached hydrogens (tertiary/aromatic N) is 3. The highest BCUT2D eigenvalue weighted by Gasteiger charge is 2.23. The van der Waals surface area contributed by atoms with Crippen molar-refractivity contribution in [1.82, 2.24) is 19.4 Å². The summed E-state index contributed by atoms with van der Waals surface area (Å²) in [5.74, 6) is -0.250. The van der Waals surface area contributed by atoms with Crippen molar-refractivity contribution in [2.45, 2.75) is 19.6 Å². The Morgan fingerprint density at radius 3 is 2.56 bits per heavy atom. The van der Waals surface area contributed by atoms with E-state index < -0.39 is 17.4 Å². The fraction of sp³-hybridized carbons (Fsp3) is 0.471. The van der Waals surface area contributed by atoms with Crippen LogP contribution in [0.1, 0.15) is 6.92 Å². The number of carbonyl (C=O) groups is 1. The summed E-state index contributed by atoms with van der Waals surface area (Å²) in [5, 5.41) is 9.81. The van der Waals surface area contributed by atoms with Crippen molar-refractivity contribution in [3.63, 3.8) is 0 Å². The topological polar surface area (TPSA) is 98.6 Å². The lowest BCUT2D eigenvalue weighted by Crippen LogP contribution is -2.52. The molecule has 1 aliphatic heterocycles. The molecule has 2 N–H and O–H groups in total. The molecule has 1 fully saturated rings. The van der Waals surface area contributed by atoms with Crippen LogP contribution in [0, 0.1) is 0 Å². The van der Waals surface area contributed by atoms with Crippen LogP contribution in [0.15, 0.2) is 33.9 Å². The molecule has 0 bridgehead atoms. The molecule has 2 aromatic rings. The summed E-state index contributed by atoms with van der Waals surface area (Å²) in [5.41, 5.74) is -0.571. The van der Waals surface area contributed by atoms with Crippen molar-refractivity contribution in [3.8, 4) is 0 Å². The van der Waals surface area contributed by atoms with Gasteiger partial charge in [0.1, 0.15) is 6.54 Å². The molecule has 2 heterocycles. The average molecular weight is 346 g/mol. The van der Waals surface area contributed by atoms with Gasteiger partial charge in [-0.3, -0.25) is 19.1 Å². The number of rotatable bonds is 4. The monoisotopic (exact) mass is 346 g/mol. The molecule has 1 aliphatic rings. The van der Waals surface area contributed by atoms with Crippen LogP contribution in [0.25, 0.3) is 10.9 Å². The van der Waals surface area contributed by atoms with Gasteiger partial charge in [0.15, 0.2) is 0 Å². The number of para-hydroxylation sites is 1. The number of fused-ring (bicyclic) bond motifs is 1. The minimum atomic E-state index is -0.579. The van der Waals surface area contributed by atoms with E-state index in [9.17, 15) is 19.5 Å². The van der Waals surface area contributed by atoms with Crippen LogP contribution in [0.4, 0.5) is 0 Å². The number of aliphatic hydroxyl groups is 1. The molecule has 1 amide bonds. The molecular weight excluding hydrogens is 324 g/mol. The van der Waals surface area contributed by atoms with Crippen molar-refractivity contribution in [3.05, 3.63) is 45.1 Å². The van der Waals surface area contributed by atoms with E-state index in [1.807, 2.05) is 0 Å². The summed E-state index contributed by atoms with van der Waals surface area (Å²) in [6.45, 7) is 4.41. The molecule has 0 saturated carbocycles. The zero-order chi connectivity index (χ0) is 18.0. The Kier molecular flexibility index (Phi) is 5.00. The van der Waals surface area contributed by atoms with Crippen LogP contribution in [-0.4, -0.2) is 69.2 Å². The van der Waals surface area contributed by atoms with E-state index >= 15 is 0 Å². The van der Waals surface area contributed by atoms with Crippen LogP contribution in [0.2, 0.25) is 0 Å². The standard InChI is InChI=1S/C17H22N4O4/c1-12(22)10-19-6-8-20(9-7-19)15(23)11-21-16(24)13-4-2-3-5-14(13)18-17(21)25/h2-5,12,22H,6-11H2,1H3,(H,18,25)/t12-/m1/s1. The lowest BCUT2D eigenvalue weighted by molar-refractivity contribution is -0.133. The van der Waals surface area contributed by atoms with Crippen molar-refractivity contribution in [1.29, 1.82) is 0 Å². The molecular formula is C17H22N4O4. The summed E-state index contributed by atoms with van der Waals surface area (Å²) in [7, 11) is 0. The van der Waals surface area contributed by atoms with E-state index in [1.165, 1.54) is 0 Å². The summed E-state index contributed by atoms with van der Waals surface area (Å²) in [6, 6.07) is 6.74. The van der Waals surface area contributed by atoms with Gasteiger partial charge in [-0.2, -0.15) is 0 Å². The third-order valence-corrected chi connectivity index (χ3v) is 4.43. The largest absolute Gasteiger partial charge is 0.392 e. The number of aromatic nitrogens is 2. The number of H-pyrrole nitrogens is 1. The summed E-state index contributed by atoms with van der Waals surface area (Å²) < 4.78 is 0.951. The highest BCUT2D eigenvalue weighted by atomic mass is 16.3. The Labute approximate surface area is 144 Å². The average Bonchev–Trinajstić information content (AvgIpc) is 2.58. The van der Waals surface area contributed by atoms with E-state index in [-0.39, 0.29) is 12.5 Å². The molecule has 8 heteroatoms. The lowest BCUT2D eigenvalue weighted by Gasteiger charge is -2.35. The zero-order valence-corrected chi connectivity index (χ0v) is 14.1. The molecule has 134 valence electrons. The normalized spacial score (nSPS) is 17.0. The molecule has 25 heavy (non-hydrogen) atoms. The quantitative estimate of drug-likeness (QED) is 0.756. The maximum Gasteiger partial charge on any atom is 0.329 e. The van der Waals surface area contributed by atoms with Crippen molar-refractivity contribution >= 4 is 16.8 Å². The predicted molar refractivity (Wildman–Crippen MR) is 93.5 cm³/mol. The van der Waals surface area contributed by atoms with Crippen LogP contribution in [0.5, 0.6) is 0 Å². The second-order valence-electron chi connectivity index (χ2n) is 6.40. The van der Waals surface area contributed by atoms with Crippen LogP contribution >= 0.6 is 0 Å².